The van der Waals surface area contributed by atoms with E-state index in [2.05, 4.69) is 10.4 Å². The molecule has 0 radical (unpaired) electrons. The zero-order valence-electron chi connectivity index (χ0n) is 15.2. The molecule has 1 N–H and O–H groups in total. The third kappa shape index (κ3) is 2.48. The number of carbonyl (C=O) groups excluding carboxylic acids is 1. The van der Waals surface area contributed by atoms with Gasteiger partial charge >= 0.3 is 0 Å². The van der Waals surface area contributed by atoms with Crippen molar-refractivity contribution in [2.75, 3.05) is 6.54 Å². The molecule has 0 unspecified atom stereocenters. The Bertz CT molecular complexity index is 911. The molecule has 6 rings (SSSR count). The van der Waals surface area contributed by atoms with Gasteiger partial charge in [0.05, 0.1) is 5.39 Å². The molecule has 1 amide bonds. The lowest BCUT2D eigenvalue weighted by molar-refractivity contribution is -0.0503. The van der Waals surface area contributed by atoms with Gasteiger partial charge in [0.2, 0.25) is 0 Å². The second kappa shape index (κ2) is 5.66. The molecule has 4 aliphatic carbocycles. The molecule has 26 heavy (non-hydrogen) atoms. The molecule has 5 nitrogen and oxygen atoms in total. The molecule has 0 saturated heterocycles. The van der Waals surface area contributed by atoms with Crippen LogP contribution in [0.3, 0.4) is 0 Å². The van der Waals surface area contributed by atoms with Gasteiger partial charge in [-0.05, 0) is 67.8 Å². The lowest BCUT2D eigenvalue weighted by atomic mass is 9.49. The number of nitrogens with zero attached hydrogens (tertiary/aromatic N) is 2. The van der Waals surface area contributed by atoms with Gasteiger partial charge < -0.3 is 5.32 Å². The Labute approximate surface area is 152 Å². The van der Waals surface area contributed by atoms with Crippen LogP contribution in [0.5, 0.6) is 0 Å². The van der Waals surface area contributed by atoms with Crippen molar-refractivity contribution in [3.05, 3.63) is 40.3 Å². The van der Waals surface area contributed by atoms with Gasteiger partial charge in [-0.25, -0.2) is 4.68 Å². The van der Waals surface area contributed by atoms with E-state index in [1.54, 1.807) is 13.1 Å². The van der Waals surface area contributed by atoms with Crippen molar-refractivity contribution in [3.8, 4) is 0 Å². The van der Waals surface area contributed by atoms with Crippen LogP contribution in [0, 0.1) is 23.2 Å². The Morgan fingerprint density at radius 1 is 1.12 bits per heavy atom. The van der Waals surface area contributed by atoms with Crippen LogP contribution >= 0.6 is 0 Å². The van der Waals surface area contributed by atoms with Crippen molar-refractivity contribution < 1.29 is 4.79 Å². The van der Waals surface area contributed by atoms with E-state index in [1.165, 1.54) is 43.2 Å². The zero-order chi connectivity index (χ0) is 17.9. The molecule has 4 aliphatic rings. The van der Waals surface area contributed by atoms with Crippen LogP contribution in [0.4, 0.5) is 0 Å². The molecule has 5 heteroatoms. The highest BCUT2D eigenvalue weighted by Crippen LogP contribution is 2.59. The van der Waals surface area contributed by atoms with E-state index in [9.17, 15) is 9.59 Å². The summed E-state index contributed by atoms with van der Waals surface area (Å²) in [6, 6.07) is 7.23. The summed E-state index contributed by atoms with van der Waals surface area (Å²) >= 11 is 0. The minimum Gasteiger partial charge on any atom is -0.350 e. The lowest BCUT2D eigenvalue weighted by Gasteiger charge is -2.56. The van der Waals surface area contributed by atoms with E-state index in [4.69, 9.17) is 0 Å². The van der Waals surface area contributed by atoms with E-state index in [-0.39, 0.29) is 11.5 Å². The molecule has 0 aliphatic heterocycles. The molecule has 1 aromatic heterocycles. The quantitative estimate of drug-likeness (QED) is 0.925. The van der Waals surface area contributed by atoms with Crippen molar-refractivity contribution in [2.45, 2.75) is 38.5 Å². The number of aryl methyl sites for hydroxylation is 1. The van der Waals surface area contributed by atoms with Gasteiger partial charge in [0.15, 0.2) is 5.69 Å². The Morgan fingerprint density at radius 3 is 2.31 bits per heavy atom. The number of rotatable bonds is 3. The fraction of sp³-hybridized carbons (Fsp3) is 0.571. The Morgan fingerprint density at radius 2 is 1.69 bits per heavy atom. The molecular weight excluding hydrogens is 326 g/mol. The van der Waals surface area contributed by atoms with Crippen LogP contribution in [0.1, 0.15) is 49.0 Å². The molecule has 2 aromatic rings. The van der Waals surface area contributed by atoms with Gasteiger partial charge in [-0.2, -0.15) is 5.10 Å². The first-order chi connectivity index (χ1) is 12.5. The lowest BCUT2D eigenvalue weighted by Crippen LogP contribution is -2.51. The smallest absolute Gasteiger partial charge is 0.274 e. The third-order valence-corrected chi connectivity index (χ3v) is 6.96. The number of hydrogen-bond acceptors (Lipinski definition) is 3. The van der Waals surface area contributed by atoms with E-state index >= 15 is 0 Å². The molecule has 4 saturated carbocycles. The van der Waals surface area contributed by atoms with Crippen LogP contribution in [-0.4, -0.2) is 22.2 Å². The van der Waals surface area contributed by atoms with Crippen LogP contribution in [0.2, 0.25) is 0 Å². The van der Waals surface area contributed by atoms with E-state index in [1.807, 2.05) is 18.2 Å². The summed E-state index contributed by atoms with van der Waals surface area (Å²) in [4.78, 5) is 25.2. The van der Waals surface area contributed by atoms with Gasteiger partial charge in [-0.1, -0.05) is 18.2 Å². The summed E-state index contributed by atoms with van der Waals surface area (Å²) < 4.78 is 1.27. The van der Waals surface area contributed by atoms with Crippen molar-refractivity contribution in [2.24, 2.45) is 30.2 Å². The number of hydrogen-bond donors (Lipinski definition) is 1. The summed E-state index contributed by atoms with van der Waals surface area (Å²) in [5.74, 6) is 2.45. The van der Waals surface area contributed by atoms with Gasteiger partial charge in [-0.3, -0.25) is 9.59 Å². The number of amides is 1. The number of nitrogens with one attached hydrogen (secondary N) is 1. The fourth-order valence-electron chi connectivity index (χ4n) is 6.33. The normalized spacial score (nSPS) is 32.1. The molecular formula is C21H25N3O2. The summed E-state index contributed by atoms with van der Waals surface area (Å²) in [5, 5.41) is 8.62. The molecule has 1 aromatic carbocycles. The minimum atomic E-state index is -0.168. The Hall–Kier alpha value is -2.17. The summed E-state index contributed by atoms with van der Waals surface area (Å²) in [6.45, 7) is 0.744. The average Bonchev–Trinajstić information content (AvgIpc) is 2.62. The van der Waals surface area contributed by atoms with Gasteiger partial charge in [0.1, 0.15) is 0 Å². The topological polar surface area (TPSA) is 64.0 Å². The van der Waals surface area contributed by atoms with E-state index in [0.29, 0.717) is 21.9 Å². The largest absolute Gasteiger partial charge is 0.350 e. The maximum Gasteiger partial charge on any atom is 0.274 e. The van der Waals surface area contributed by atoms with Crippen molar-refractivity contribution in [1.82, 2.24) is 15.1 Å². The van der Waals surface area contributed by atoms with E-state index < -0.39 is 0 Å². The number of carbonyl (C=O) groups is 1. The van der Waals surface area contributed by atoms with E-state index in [0.717, 1.165) is 24.3 Å². The van der Waals surface area contributed by atoms with Crippen molar-refractivity contribution in [1.29, 1.82) is 0 Å². The first-order valence-corrected chi connectivity index (χ1v) is 9.77. The molecule has 0 spiro atoms. The second-order valence-electron chi connectivity index (χ2n) is 8.92. The predicted octanol–water partition coefficient (Wildman–Crippen LogP) is 2.88. The Kier molecular flexibility index (Phi) is 3.49. The summed E-state index contributed by atoms with van der Waals surface area (Å²) in [6.07, 6.45) is 8.00. The molecule has 136 valence electrons. The van der Waals surface area contributed by atoms with Crippen LogP contribution in [-0.2, 0) is 7.05 Å². The Balaban J connectivity index is 1.41. The monoisotopic (exact) mass is 351 g/mol. The SMILES string of the molecule is Cn1nc(C(=O)NCC23CC4CC(CC(C4)C2)C3)c2ccccc2c1=O. The molecule has 4 fully saturated rings. The molecule has 4 bridgehead atoms. The minimum absolute atomic E-state index is 0.160. The second-order valence-corrected chi connectivity index (χ2v) is 8.92. The summed E-state index contributed by atoms with van der Waals surface area (Å²) in [7, 11) is 1.60. The number of fused-ring (bicyclic) bond motifs is 1. The fourth-order valence-corrected chi connectivity index (χ4v) is 6.33. The van der Waals surface area contributed by atoms with Crippen LogP contribution in [0.25, 0.3) is 10.8 Å². The average molecular weight is 351 g/mol. The first kappa shape index (κ1) is 16.0. The van der Waals surface area contributed by atoms with Gasteiger partial charge in [0, 0.05) is 19.0 Å². The standard InChI is InChI=1S/C21H25N3O2/c1-24-20(26)17-5-3-2-4-16(17)18(23-24)19(25)22-12-21-9-13-6-14(10-21)8-15(7-13)11-21/h2-5,13-15H,6-12H2,1H3,(H,22,25). The maximum atomic E-state index is 12.9. The first-order valence-electron chi connectivity index (χ1n) is 9.77. The molecule has 1 heterocycles. The van der Waals surface area contributed by atoms with Gasteiger partial charge in [0.25, 0.3) is 11.5 Å². The van der Waals surface area contributed by atoms with Gasteiger partial charge in [-0.15, -0.1) is 0 Å². The molecule has 0 atom stereocenters. The predicted molar refractivity (Wildman–Crippen MR) is 99.9 cm³/mol. The summed E-state index contributed by atoms with van der Waals surface area (Å²) in [5.41, 5.74) is 0.478. The van der Waals surface area contributed by atoms with Crippen molar-refractivity contribution in [3.63, 3.8) is 0 Å². The highest BCUT2D eigenvalue weighted by Gasteiger charge is 2.50. The third-order valence-electron chi connectivity index (χ3n) is 6.96. The maximum absolute atomic E-state index is 12.9. The van der Waals surface area contributed by atoms with Crippen LogP contribution in [0.15, 0.2) is 29.1 Å². The highest BCUT2D eigenvalue weighted by molar-refractivity contribution is 6.04. The van der Waals surface area contributed by atoms with Crippen molar-refractivity contribution >= 4 is 16.7 Å². The van der Waals surface area contributed by atoms with Crippen LogP contribution < -0.4 is 10.9 Å². The highest BCUT2D eigenvalue weighted by atomic mass is 16.2. The zero-order valence-corrected chi connectivity index (χ0v) is 15.2. The number of aromatic nitrogens is 2. The number of benzene rings is 1.